The van der Waals surface area contributed by atoms with Gasteiger partial charge < -0.3 is 15.2 Å². The number of hydrogen-bond acceptors (Lipinski definition) is 4. The first-order valence-electron chi connectivity index (χ1n) is 5.03. The number of carbonyl (C=O) groups is 1. The second kappa shape index (κ2) is 5.47. The van der Waals surface area contributed by atoms with Crippen LogP contribution in [0.15, 0.2) is 12.1 Å². The van der Waals surface area contributed by atoms with Gasteiger partial charge in [0.2, 0.25) is 0 Å². The van der Waals surface area contributed by atoms with E-state index in [-0.39, 0.29) is 18.0 Å². The summed E-state index contributed by atoms with van der Waals surface area (Å²) in [5.41, 5.74) is 4.84. The van der Waals surface area contributed by atoms with Gasteiger partial charge in [-0.05, 0) is 13.8 Å². The highest BCUT2D eigenvalue weighted by Crippen LogP contribution is 2.23. The Morgan fingerprint density at radius 1 is 1.41 bits per heavy atom. The largest absolute Gasteiger partial charge is 0.476 e. The zero-order valence-corrected chi connectivity index (χ0v) is 9.50. The van der Waals surface area contributed by atoms with E-state index >= 15 is 0 Å². The fraction of sp³-hybridized carbons (Fsp3) is 0.364. The lowest BCUT2D eigenvalue weighted by atomic mass is 10.2. The minimum Gasteiger partial charge on any atom is -0.476 e. The summed E-state index contributed by atoms with van der Waals surface area (Å²) in [5, 5.41) is 0. The highest BCUT2D eigenvalue weighted by Gasteiger charge is 2.18. The lowest BCUT2D eigenvalue weighted by Gasteiger charge is -2.14. The van der Waals surface area contributed by atoms with E-state index in [9.17, 15) is 13.6 Å². The van der Waals surface area contributed by atoms with Crippen LogP contribution in [-0.2, 0) is 9.53 Å². The maximum Gasteiger partial charge on any atom is 0.347 e. The third-order valence-electron chi connectivity index (χ3n) is 1.97. The van der Waals surface area contributed by atoms with Crippen molar-refractivity contribution in [3.05, 3.63) is 23.8 Å². The summed E-state index contributed by atoms with van der Waals surface area (Å²) in [6.07, 6.45) is -1.02. The summed E-state index contributed by atoms with van der Waals surface area (Å²) in [7, 11) is 0. The summed E-state index contributed by atoms with van der Waals surface area (Å²) >= 11 is 0. The molecule has 0 aromatic heterocycles. The molecule has 0 fully saturated rings. The number of ether oxygens (including phenoxy) is 2. The fourth-order valence-electron chi connectivity index (χ4n) is 1.13. The molecular formula is C11H13F2NO3. The second-order valence-corrected chi connectivity index (χ2v) is 3.32. The molecule has 1 atom stereocenters. The third kappa shape index (κ3) is 3.30. The van der Waals surface area contributed by atoms with Crippen LogP contribution in [0.3, 0.4) is 0 Å². The molecule has 6 heteroatoms. The molecule has 0 amide bonds. The maximum absolute atomic E-state index is 13.3. The number of nitrogens with two attached hydrogens (primary N) is 1. The molecule has 2 N–H and O–H groups in total. The van der Waals surface area contributed by atoms with E-state index in [4.69, 9.17) is 10.5 Å². The van der Waals surface area contributed by atoms with Gasteiger partial charge in [0, 0.05) is 12.1 Å². The Hall–Kier alpha value is -1.85. The van der Waals surface area contributed by atoms with Gasteiger partial charge in [-0.1, -0.05) is 0 Å². The van der Waals surface area contributed by atoms with E-state index in [0.29, 0.717) is 0 Å². The molecule has 1 aromatic rings. The predicted molar refractivity (Wildman–Crippen MR) is 57.5 cm³/mol. The number of anilines is 1. The summed E-state index contributed by atoms with van der Waals surface area (Å²) in [4.78, 5) is 11.2. The Balaban J connectivity index is 2.81. The van der Waals surface area contributed by atoms with Crippen LogP contribution < -0.4 is 10.5 Å². The van der Waals surface area contributed by atoms with Crippen molar-refractivity contribution < 1.29 is 23.0 Å². The zero-order chi connectivity index (χ0) is 13.0. The molecular weight excluding hydrogens is 232 g/mol. The average Bonchev–Trinajstić information content (AvgIpc) is 2.26. The first-order valence-corrected chi connectivity index (χ1v) is 5.03. The van der Waals surface area contributed by atoms with E-state index in [1.54, 1.807) is 6.92 Å². The van der Waals surface area contributed by atoms with Gasteiger partial charge >= 0.3 is 5.97 Å². The monoisotopic (exact) mass is 245 g/mol. The lowest BCUT2D eigenvalue weighted by molar-refractivity contribution is -0.150. The smallest absolute Gasteiger partial charge is 0.347 e. The molecule has 4 nitrogen and oxygen atoms in total. The lowest BCUT2D eigenvalue weighted by Crippen LogP contribution is -2.26. The molecule has 0 saturated carbocycles. The third-order valence-corrected chi connectivity index (χ3v) is 1.97. The van der Waals surface area contributed by atoms with E-state index in [1.807, 2.05) is 0 Å². The highest BCUT2D eigenvalue weighted by molar-refractivity contribution is 5.74. The Bertz CT molecular complexity index is 423. The van der Waals surface area contributed by atoms with Crippen LogP contribution >= 0.6 is 0 Å². The van der Waals surface area contributed by atoms with E-state index in [1.165, 1.54) is 6.92 Å². The molecule has 94 valence electrons. The number of benzene rings is 1. The van der Waals surface area contributed by atoms with Crippen molar-refractivity contribution in [1.82, 2.24) is 0 Å². The number of rotatable bonds is 4. The summed E-state index contributed by atoms with van der Waals surface area (Å²) in [5.74, 6) is -2.67. The Morgan fingerprint density at radius 2 is 2.06 bits per heavy atom. The van der Waals surface area contributed by atoms with Gasteiger partial charge in [-0.3, -0.25) is 0 Å². The van der Waals surface area contributed by atoms with Crippen molar-refractivity contribution in [2.45, 2.75) is 20.0 Å². The summed E-state index contributed by atoms with van der Waals surface area (Å²) in [6, 6.07) is 1.59. The minimum atomic E-state index is -1.02. The number of hydrogen-bond donors (Lipinski definition) is 1. The van der Waals surface area contributed by atoms with Crippen molar-refractivity contribution in [2.75, 3.05) is 12.3 Å². The standard InChI is InChI=1S/C11H13F2NO3/c1-3-16-11(15)6(2)17-10-5-7(12)9(14)4-8(10)13/h4-6H,3,14H2,1-2H3. The second-order valence-electron chi connectivity index (χ2n) is 3.32. The SMILES string of the molecule is CCOC(=O)C(C)Oc1cc(F)c(N)cc1F. The van der Waals surface area contributed by atoms with Gasteiger partial charge in [0.05, 0.1) is 12.3 Å². The van der Waals surface area contributed by atoms with Gasteiger partial charge in [0.1, 0.15) is 5.82 Å². The van der Waals surface area contributed by atoms with Crippen molar-refractivity contribution >= 4 is 11.7 Å². The van der Waals surface area contributed by atoms with Crippen molar-refractivity contribution in [1.29, 1.82) is 0 Å². The number of carbonyl (C=O) groups excluding carboxylic acids is 1. The van der Waals surface area contributed by atoms with Gasteiger partial charge in [-0.15, -0.1) is 0 Å². The molecule has 17 heavy (non-hydrogen) atoms. The number of esters is 1. The van der Waals surface area contributed by atoms with Crippen LogP contribution in [0, 0.1) is 11.6 Å². The Labute approximate surface area is 97.3 Å². The molecule has 0 bridgehead atoms. The average molecular weight is 245 g/mol. The Morgan fingerprint density at radius 3 is 2.65 bits per heavy atom. The van der Waals surface area contributed by atoms with Gasteiger partial charge in [-0.25, -0.2) is 13.6 Å². The Kier molecular flexibility index (Phi) is 4.25. The molecule has 1 rings (SSSR count). The molecule has 0 aliphatic rings. The van der Waals surface area contributed by atoms with Crippen LogP contribution in [0.4, 0.5) is 14.5 Å². The van der Waals surface area contributed by atoms with Gasteiger partial charge in [-0.2, -0.15) is 0 Å². The first-order chi connectivity index (χ1) is 7.95. The zero-order valence-electron chi connectivity index (χ0n) is 9.50. The topological polar surface area (TPSA) is 61.5 Å². The quantitative estimate of drug-likeness (QED) is 0.649. The first kappa shape index (κ1) is 13.2. The molecule has 1 aromatic carbocycles. The van der Waals surface area contributed by atoms with Crippen LogP contribution in [0.5, 0.6) is 5.75 Å². The molecule has 0 radical (unpaired) electrons. The predicted octanol–water partition coefficient (Wildman–Crippen LogP) is 1.88. The van der Waals surface area contributed by atoms with Gasteiger partial charge in [0.25, 0.3) is 0 Å². The van der Waals surface area contributed by atoms with Crippen LogP contribution in [0.2, 0.25) is 0 Å². The molecule has 0 aliphatic carbocycles. The summed E-state index contributed by atoms with van der Waals surface area (Å²) < 4.78 is 36.0. The molecule has 0 heterocycles. The van der Waals surface area contributed by atoms with E-state index in [0.717, 1.165) is 12.1 Å². The normalized spacial score (nSPS) is 12.0. The van der Waals surface area contributed by atoms with Crippen LogP contribution in [0.1, 0.15) is 13.8 Å². The highest BCUT2D eigenvalue weighted by atomic mass is 19.1. The molecule has 1 unspecified atom stereocenters. The number of nitrogen functional groups attached to an aromatic ring is 1. The van der Waals surface area contributed by atoms with E-state index in [2.05, 4.69) is 4.74 Å². The summed E-state index contributed by atoms with van der Waals surface area (Å²) in [6.45, 7) is 3.20. The molecule has 0 saturated heterocycles. The fourth-order valence-corrected chi connectivity index (χ4v) is 1.13. The maximum atomic E-state index is 13.3. The van der Waals surface area contributed by atoms with E-state index < -0.39 is 23.7 Å². The molecule has 0 aliphatic heterocycles. The van der Waals surface area contributed by atoms with Crippen molar-refractivity contribution in [3.8, 4) is 5.75 Å². The van der Waals surface area contributed by atoms with Gasteiger partial charge in [0.15, 0.2) is 17.7 Å². The van der Waals surface area contributed by atoms with Crippen LogP contribution in [0.25, 0.3) is 0 Å². The minimum absolute atomic E-state index is 0.186. The van der Waals surface area contributed by atoms with Crippen LogP contribution in [-0.4, -0.2) is 18.7 Å². The van der Waals surface area contributed by atoms with Crippen molar-refractivity contribution in [2.24, 2.45) is 0 Å². The molecule has 0 spiro atoms. The van der Waals surface area contributed by atoms with Crippen molar-refractivity contribution in [3.63, 3.8) is 0 Å². The number of halogens is 2.